The normalized spacial score (nSPS) is 11.8. The number of rotatable bonds is 3. The van der Waals surface area contributed by atoms with Crippen molar-refractivity contribution in [1.82, 2.24) is 9.78 Å². The molecule has 0 aliphatic carbocycles. The van der Waals surface area contributed by atoms with Crippen LogP contribution >= 0.6 is 11.6 Å². The molecular formula is C12H12ClFN4. The van der Waals surface area contributed by atoms with Crippen LogP contribution in [0.5, 0.6) is 0 Å². The third-order valence-electron chi connectivity index (χ3n) is 2.30. The number of nitrogens with zero attached hydrogens (tertiary/aromatic N) is 3. The van der Waals surface area contributed by atoms with Gasteiger partial charge in [0, 0.05) is 12.3 Å². The molecule has 0 bridgehead atoms. The molecule has 4 nitrogen and oxygen atoms in total. The zero-order chi connectivity index (χ0) is 13.1. The van der Waals surface area contributed by atoms with Gasteiger partial charge in [0.1, 0.15) is 11.7 Å². The first-order chi connectivity index (χ1) is 8.60. The molecule has 0 amide bonds. The summed E-state index contributed by atoms with van der Waals surface area (Å²) in [6.45, 7) is 1.92. The van der Waals surface area contributed by atoms with Crippen LogP contribution in [0.25, 0.3) is 5.69 Å². The summed E-state index contributed by atoms with van der Waals surface area (Å²) in [6.07, 6.45) is 3.53. The minimum Gasteiger partial charge on any atom is -0.386 e. The Balaban J connectivity index is 2.53. The monoisotopic (exact) mass is 266 g/mol. The lowest BCUT2D eigenvalue weighted by Gasteiger charge is -2.06. The number of aryl methyl sites for hydroxylation is 1. The van der Waals surface area contributed by atoms with E-state index in [1.807, 2.05) is 13.1 Å². The highest BCUT2D eigenvalue weighted by Crippen LogP contribution is 2.24. The van der Waals surface area contributed by atoms with E-state index >= 15 is 0 Å². The SMILES string of the molecule is Cc1cnn(-c2ccc(F)cc2N=C(N)CCl)c1. The largest absolute Gasteiger partial charge is 0.386 e. The Hall–Kier alpha value is -1.88. The number of nitrogens with two attached hydrogens (primary N) is 1. The third kappa shape index (κ3) is 2.68. The first kappa shape index (κ1) is 12.6. The molecule has 6 heteroatoms. The zero-order valence-corrected chi connectivity index (χ0v) is 10.5. The Morgan fingerprint density at radius 1 is 1.56 bits per heavy atom. The van der Waals surface area contributed by atoms with E-state index in [9.17, 15) is 4.39 Å². The van der Waals surface area contributed by atoms with Gasteiger partial charge >= 0.3 is 0 Å². The number of halogens is 2. The van der Waals surface area contributed by atoms with Crippen LogP contribution in [0.4, 0.5) is 10.1 Å². The highest BCUT2D eigenvalue weighted by molar-refractivity contribution is 6.28. The molecule has 1 aromatic carbocycles. The van der Waals surface area contributed by atoms with Crippen LogP contribution in [0.1, 0.15) is 5.56 Å². The molecule has 0 atom stereocenters. The van der Waals surface area contributed by atoms with Crippen molar-refractivity contribution in [3.05, 3.63) is 42.0 Å². The molecule has 18 heavy (non-hydrogen) atoms. The second-order valence-electron chi connectivity index (χ2n) is 3.83. The lowest BCUT2D eigenvalue weighted by Crippen LogP contribution is -2.12. The van der Waals surface area contributed by atoms with Crippen LogP contribution < -0.4 is 5.73 Å². The number of hydrogen-bond donors (Lipinski definition) is 1. The predicted octanol–water partition coefficient (Wildman–Crippen LogP) is 2.55. The Labute approximate surface area is 109 Å². The van der Waals surface area contributed by atoms with Gasteiger partial charge in [-0.05, 0) is 24.6 Å². The van der Waals surface area contributed by atoms with Crippen LogP contribution in [-0.4, -0.2) is 21.5 Å². The topological polar surface area (TPSA) is 56.2 Å². The number of alkyl halides is 1. The van der Waals surface area contributed by atoms with E-state index < -0.39 is 0 Å². The van der Waals surface area contributed by atoms with E-state index in [4.69, 9.17) is 17.3 Å². The zero-order valence-electron chi connectivity index (χ0n) is 9.77. The number of aromatic nitrogens is 2. The maximum Gasteiger partial charge on any atom is 0.125 e. The van der Waals surface area contributed by atoms with Crippen molar-refractivity contribution >= 4 is 23.1 Å². The molecule has 0 fully saturated rings. The van der Waals surface area contributed by atoms with Gasteiger partial charge in [-0.1, -0.05) is 0 Å². The smallest absolute Gasteiger partial charge is 0.125 e. The summed E-state index contributed by atoms with van der Waals surface area (Å²) < 4.78 is 14.9. The van der Waals surface area contributed by atoms with Gasteiger partial charge in [-0.3, -0.25) is 0 Å². The van der Waals surface area contributed by atoms with Crippen molar-refractivity contribution in [1.29, 1.82) is 0 Å². The molecule has 0 aliphatic heterocycles. The van der Waals surface area contributed by atoms with E-state index in [2.05, 4.69) is 10.1 Å². The first-order valence-corrected chi connectivity index (χ1v) is 5.84. The maximum absolute atomic E-state index is 13.2. The maximum atomic E-state index is 13.2. The molecule has 94 valence electrons. The van der Waals surface area contributed by atoms with Crippen molar-refractivity contribution in [2.24, 2.45) is 10.7 Å². The molecule has 2 rings (SSSR count). The number of amidine groups is 1. The lowest BCUT2D eigenvalue weighted by molar-refractivity contribution is 0.627. The third-order valence-corrected chi connectivity index (χ3v) is 2.57. The summed E-state index contributed by atoms with van der Waals surface area (Å²) in [5.74, 6) is -0.0650. The van der Waals surface area contributed by atoms with E-state index in [-0.39, 0.29) is 17.5 Å². The van der Waals surface area contributed by atoms with Gasteiger partial charge in [-0.15, -0.1) is 11.6 Å². The van der Waals surface area contributed by atoms with Crippen molar-refractivity contribution in [3.8, 4) is 5.69 Å². The Kier molecular flexibility index (Phi) is 3.62. The molecule has 2 N–H and O–H groups in total. The fraction of sp³-hybridized carbons (Fsp3) is 0.167. The van der Waals surface area contributed by atoms with E-state index in [0.717, 1.165) is 5.56 Å². The van der Waals surface area contributed by atoms with Crippen molar-refractivity contribution in [2.75, 3.05) is 5.88 Å². The second kappa shape index (κ2) is 5.18. The number of benzene rings is 1. The van der Waals surface area contributed by atoms with Gasteiger partial charge in [-0.2, -0.15) is 5.10 Å². The van der Waals surface area contributed by atoms with Gasteiger partial charge in [0.05, 0.1) is 23.5 Å². The summed E-state index contributed by atoms with van der Waals surface area (Å²) in [5.41, 5.74) is 7.62. The molecule has 0 saturated carbocycles. The minimum absolute atomic E-state index is 0.0914. The molecule has 1 aromatic heterocycles. The molecule has 0 spiro atoms. The molecule has 2 aromatic rings. The first-order valence-electron chi connectivity index (χ1n) is 5.30. The Bertz CT molecular complexity index is 592. The molecular weight excluding hydrogens is 255 g/mol. The number of hydrogen-bond acceptors (Lipinski definition) is 2. The van der Waals surface area contributed by atoms with Crippen LogP contribution in [0, 0.1) is 12.7 Å². The fourth-order valence-corrected chi connectivity index (χ4v) is 1.57. The van der Waals surface area contributed by atoms with Crippen LogP contribution in [0.15, 0.2) is 35.6 Å². The fourth-order valence-electron chi connectivity index (χ4n) is 1.51. The van der Waals surface area contributed by atoms with E-state index in [1.54, 1.807) is 16.9 Å². The standard InChI is InChI=1S/C12H12ClFN4/c1-8-6-16-18(7-8)11-3-2-9(14)4-10(11)17-12(15)5-13/h2-4,6-7H,5H2,1H3,(H2,15,17). The minimum atomic E-state index is -0.385. The van der Waals surface area contributed by atoms with Crippen LogP contribution in [-0.2, 0) is 0 Å². The summed E-state index contributed by atoms with van der Waals surface area (Å²) in [5, 5.41) is 4.16. The average molecular weight is 267 g/mol. The quantitative estimate of drug-likeness (QED) is 0.527. The van der Waals surface area contributed by atoms with Gasteiger partial charge < -0.3 is 5.73 Å². The average Bonchev–Trinajstić information content (AvgIpc) is 2.75. The van der Waals surface area contributed by atoms with Gasteiger partial charge in [0.25, 0.3) is 0 Å². The second-order valence-corrected chi connectivity index (χ2v) is 4.10. The summed E-state index contributed by atoms with van der Waals surface area (Å²) >= 11 is 5.57. The highest BCUT2D eigenvalue weighted by atomic mass is 35.5. The number of aliphatic imine (C=N–C) groups is 1. The summed E-state index contributed by atoms with van der Waals surface area (Å²) in [6, 6.07) is 4.25. The van der Waals surface area contributed by atoms with Crippen LogP contribution in [0.3, 0.4) is 0 Å². The van der Waals surface area contributed by atoms with E-state index in [1.165, 1.54) is 12.1 Å². The predicted molar refractivity (Wildman–Crippen MR) is 70.3 cm³/mol. The molecule has 1 heterocycles. The molecule has 0 radical (unpaired) electrons. The Morgan fingerprint density at radius 3 is 2.94 bits per heavy atom. The molecule has 0 unspecified atom stereocenters. The van der Waals surface area contributed by atoms with Gasteiger partial charge in [-0.25, -0.2) is 14.1 Å². The Morgan fingerprint density at radius 2 is 2.33 bits per heavy atom. The van der Waals surface area contributed by atoms with Gasteiger partial charge in [0.2, 0.25) is 0 Å². The highest BCUT2D eigenvalue weighted by Gasteiger charge is 2.07. The van der Waals surface area contributed by atoms with Crippen LogP contribution in [0.2, 0.25) is 0 Å². The van der Waals surface area contributed by atoms with Gasteiger partial charge in [0.15, 0.2) is 0 Å². The lowest BCUT2D eigenvalue weighted by atomic mass is 10.2. The molecule has 0 aliphatic rings. The summed E-state index contributed by atoms with van der Waals surface area (Å²) in [7, 11) is 0. The van der Waals surface area contributed by atoms with Crippen molar-refractivity contribution in [3.63, 3.8) is 0 Å². The van der Waals surface area contributed by atoms with E-state index in [0.29, 0.717) is 11.4 Å². The van der Waals surface area contributed by atoms with Crippen molar-refractivity contribution < 1.29 is 4.39 Å². The summed E-state index contributed by atoms with van der Waals surface area (Å²) in [4.78, 5) is 4.09. The molecule has 0 saturated heterocycles. The van der Waals surface area contributed by atoms with Crippen molar-refractivity contribution in [2.45, 2.75) is 6.92 Å².